The molecule has 1 rings (SSSR count). The van der Waals surface area contributed by atoms with Crippen molar-refractivity contribution >= 4 is 17.7 Å². The van der Waals surface area contributed by atoms with Crippen molar-refractivity contribution in [2.24, 2.45) is 5.84 Å². The first-order chi connectivity index (χ1) is 7.61. The van der Waals surface area contributed by atoms with E-state index in [9.17, 15) is 14.4 Å². The molecule has 1 unspecified atom stereocenters. The Morgan fingerprint density at radius 2 is 2.00 bits per heavy atom. The van der Waals surface area contributed by atoms with Gasteiger partial charge in [0.05, 0.1) is 0 Å². The normalized spacial score (nSPS) is 20.1. The van der Waals surface area contributed by atoms with E-state index in [1.165, 1.54) is 11.9 Å². The summed E-state index contributed by atoms with van der Waals surface area (Å²) in [5.74, 6) is 2.99. The van der Waals surface area contributed by atoms with Gasteiger partial charge in [-0.25, -0.2) is 5.84 Å². The Kier molecular flexibility index (Phi) is 4.24. The second-order valence-corrected chi connectivity index (χ2v) is 3.60. The van der Waals surface area contributed by atoms with Crippen LogP contribution in [0, 0.1) is 0 Å². The Bertz CT molecular complexity index is 305. The van der Waals surface area contributed by atoms with E-state index in [-0.39, 0.29) is 5.91 Å². The standard InChI is InChI=1S/C9H16N4O3/c1-11-7(14)6-4-2-3-5-13(6)9(16)8(15)12-10/h6H,2-5,10H2,1H3,(H,11,14)(H,12,15). The molecule has 16 heavy (non-hydrogen) atoms. The van der Waals surface area contributed by atoms with Crippen LogP contribution in [0.15, 0.2) is 0 Å². The monoisotopic (exact) mass is 228 g/mol. The Morgan fingerprint density at radius 1 is 1.31 bits per heavy atom. The summed E-state index contributed by atoms with van der Waals surface area (Å²) in [7, 11) is 1.50. The van der Waals surface area contributed by atoms with E-state index >= 15 is 0 Å². The maximum Gasteiger partial charge on any atom is 0.323 e. The van der Waals surface area contributed by atoms with Crippen molar-refractivity contribution in [2.45, 2.75) is 25.3 Å². The van der Waals surface area contributed by atoms with Crippen LogP contribution < -0.4 is 16.6 Å². The van der Waals surface area contributed by atoms with Crippen LogP contribution in [0.1, 0.15) is 19.3 Å². The van der Waals surface area contributed by atoms with Gasteiger partial charge in [-0.05, 0) is 19.3 Å². The third kappa shape index (κ3) is 2.48. The van der Waals surface area contributed by atoms with Crippen LogP contribution in [0.3, 0.4) is 0 Å². The molecule has 90 valence electrons. The first-order valence-corrected chi connectivity index (χ1v) is 5.15. The van der Waals surface area contributed by atoms with E-state index in [0.717, 1.165) is 12.8 Å². The summed E-state index contributed by atoms with van der Waals surface area (Å²) in [5, 5.41) is 2.48. The predicted octanol–water partition coefficient (Wildman–Crippen LogP) is -1.90. The number of carbonyl (C=O) groups is 3. The Hall–Kier alpha value is -1.63. The summed E-state index contributed by atoms with van der Waals surface area (Å²) in [6.07, 6.45) is 2.23. The summed E-state index contributed by atoms with van der Waals surface area (Å²) in [4.78, 5) is 35.5. The number of hydrogen-bond acceptors (Lipinski definition) is 4. The molecule has 7 heteroatoms. The molecule has 1 aliphatic heterocycles. The number of nitrogens with two attached hydrogens (primary N) is 1. The number of likely N-dealkylation sites (N-methyl/N-ethyl adjacent to an activating group) is 1. The van der Waals surface area contributed by atoms with Gasteiger partial charge in [0, 0.05) is 13.6 Å². The lowest BCUT2D eigenvalue weighted by molar-refractivity contribution is -0.150. The van der Waals surface area contributed by atoms with Crippen molar-refractivity contribution in [1.29, 1.82) is 0 Å². The number of rotatable bonds is 1. The maximum atomic E-state index is 11.6. The minimum atomic E-state index is -0.893. The summed E-state index contributed by atoms with van der Waals surface area (Å²) in [5.41, 5.74) is 1.78. The Labute approximate surface area is 93.3 Å². The van der Waals surface area contributed by atoms with Crippen molar-refractivity contribution < 1.29 is 14.4 Å². The molecular formula is C9H16N4O3. The van der Waals surface area contributed by atoms with Crippen molar-refractivity contribution in [2.75, 3.05) is 13.6 Å². The second-order valence-electron chi connectivity index (χ2n) is 3.60. The molecule has 1 fully saturated rings. The van der Waals surface area contributed by atoms with Crippen molar-refractivity contribution in [3.05, 3.63) is 0 Å². The predicted molar refractivity (Wildman–Crippen MR) is 55.7 cm³/mol. The van der Waals surface area contributed by atoms with Crippen LogP contribution in [-0.4, -0.2) is 42.3 Å². The third-order valence-corrected chi connectivity index (χ3v) is 2.64. The lowest BCUT2D eigenvalue weighted by atomic mass is 10.0. The molecule has 1 aliphatic rings. The average Bonchev–Trinajstić information content (AvgIpc) is 2.35. The quantitative estimate of drug-likeness (QED) is 0.211. The maximum absolute atomic E-state index is 11.6. The largest absolute Gasteiger partial charge is 0.357 e. The lowest BCUT2D eigenvalue weighted by Gasteiger charge is -2.33. The van der Waals surface area contributed by atoms with Crippen LogP contribution in [0.2, 0.25) is 0 Å². The second kappa shape index (κ2) is 5.45. The zero-order valence-electron chi connectivity index (χ0n) is 9.16. The van der Waals surface area contributed by atoms with Gasteiger partial charge in [0.25, 0.3) is 0 Å². The summed E-state index contributed by atoms with van der Waals surface area (Å²) in [6.45, 7) is 0.407. The zero-order chi connectivity index (χ0) is 12.1. The molecule has 3 amide bonds. The molecule has 1 atom stereocenters. The van der Waals surface area contributed by atoms with Crippen LogP contribution in [0.4, 0.5) is 0 Å². The number of likely N-dealkylation sites (tertiary alicyclic amines) is 1. The molecule has 0 aromatic heterocycles. The van der Waals surface area contributed by atoms with Crippen molar-refractivity contribution in [3.8, 4) is 0 Å². The van der Waals surface area contributed by atoms with Crippen LogP contribution in [-0.2, 0) is 14.4 Å². The Morgan fingerprint density at radius 3 is 2.56 bits per heavy atom. The van der Waals surface area contributed by atoms with Gasteiger partial charge in [0.2, 0.25) is 5.91 Å². The summed E-state index contributed by atoms with van der Waals surface area (Å²) < 4.78 is 0. The van der Waals surface area contributed by atoms with E-state index in [1.807, 2.05) is 0 Å². The summed E-state index contributed by atoms with van der Waals surface area (Å²) >= 11 is 0. The molecule has 0 aliphatic carbocycles. The number of nitrogens with one attached hydrogen (secondary N) is 2. The number of hydrazine groups is 1. The number of nitrogens with zero attached hydrogens (tertiary/aromatic N) is 1. The Balaban J connectivity index is 2.77. The van der Waals surface area contributed by atoms with Gasteiger partial charge in [-0.15, -0.1) is 0 Å². The van der Waals surface area contributed by atoms with Gasteiger partial charge in [0.15, 0.2) is 0 Å². The van der Waals surface area contributed by atoms with Crippen molar-refractivity contribution in [3.63, 3.8) is 0 Å². The van der Waals surface area contributed by atoms with Gasteiger partial charge in [-0.3, -0.25) is 19.8 Å². The highest BCUT2D eigenvalue weighted by Crippen LogP contribution is 2.17. The van der Waals surface area contributed by atoms with Gasteiger partial charge in [-0.1, -0.05) is 0 Å². The van der Waals surface area contributed by atoms with E-state index in [4.69, 9.17) is 5.84 Å². The van der Waals surface area contributed by atoms with Gasteiger partial charge < -0.3 is 10.2 Å². The minimum Gasteiger partial charge on any atom is -0.357 e. The van der Waals surface area contributed by atoms with E-state index in [2.05, 4.69) is 5.32 Å². The first kappa shape index (κ1) is 12.4. The highest BCUT2D eigenvalue weighted by atomic mass is 16.2. The SMILES string of the molecule is CNC(=O)C1CCCCN1C(=O)C(=O)NN. The molecule has 1 heterocycles. The van der Waals surface area contributed by atoms with E-state index in [0.29, 0.717) is 13.0 Å². The fraction of sp³-hybridized carbons (Fsp3) is 0.667. The smallest absolute Gasteiger partial charge is 0.323 e. The zero-order valence-corrected chi connectivity index (χ0v) is 9.16. The first-order valence-electron chi connectivity index (χ1n) is 5.15. The highest BCUT2D eigenvalue weighted by Gasteiger charge is 2.34. The minimum absolute atomic E-state index is 0.252. The molecular weight excluding hydrogens is 212 g/mol. The highest BCUT2D eigenvalue weighted by molar-refractivity contribution is 6.35. The van der Waals surface area contributed by atoms with Crippen LogP contribution in [0.25, 0.3) is 0 Å². The molecule has 0 saturated carbocycles. The number of amides is 3. The molecule has 1 saturated heterocycles. The molecule has 0 bridgehead atoms. The molecule has 0 aromatic carbocycles. The molecule has 0 spiro atoms. The molecule has 7 nitrogen and oxygen atoms in total. The molecule has 0 aromatic rings. The lowest BCUT2D eigenvalue weighted by Crippen LogP contribution is -2.55. The van der Waals surface area contributed by atoms with Crippen molar-refractivity contribution in [1.82, 2.24) is 15.6 Å². The van der Waals surface area contributed by atoms with E-state index < -0.39 is 17.9 Å². The number of carbonyl (C=O) groups excluding carboxylic acids is 3. The van der Waals surface area contributed by atoms with Crippen LogP contribution in [0.5, 0.6) is 0 Å². The van der Waals surface area contributed by atoms with Gasteiger partial charge in [0.1, 0.15) is 6.04 Å². The number of hydrogen-bond donors (Lipinski definition) is 3. The van der Waals surface area contributed by atoms with E-state index in [1.54, 1.807) is 5.43 Å². The van der Waals surface area contributed by atoms with Gasteiger partial charge in [-0.2, -0.15) is 0 Å². The van der Waals surface area contributed by atoms with Crippen LogP contribution >= 0.6 is 0 Å². The average molecular weight is 228 g/mol. The summed E-state index contributed by atoms with van der Waals surface area (Å²) in [6, 6.07) is -0.566. The number of piperidine rings is 1. The molecule has 0 radical (unpaired) electrons. The fourth-order valence-corrected chi connectivity index (χ4v) is 1.81. The molecule has 4 N–H and O–H groups in total. The third-order valence-electron chi connectivity index (χ3n) is 2.64. The topological polar surface area (TPSA) is 105 Å². The van der Waals surface area contributed by atoms with Gasteiger partial charge >= 0.3 is 11.8 Å². The fourth-order valence-electron chi connectivity index (χ4n) is 1.81.